The third kappa shape index (κ3) is 2.39. The molecule has 0 bridgehead atoms. The smallest absolute Gasteiger partial charge is 0.139 e. The van der Waals surface area contributed by atoms with Gasteiger partial charge >= 0.3 is 0 Å². The summed E-state index contributed by atoms with van der Waals surface area (Å²) in [6.45, 7) is 6.20. The molecule has 2 aromatic heterocycles. The third-order valence-corrected chi connectivity index (χ3v) is 4.37. The van der Waals surface area contributed by atoms with Crippen LogP contribution in [0.3, 0.4) is 0 Å². The van der Waals surface area contributed by atoms with E-state index in [0.717, 1.165) is 21.9 Å². The molecule has 1 unspecified atom stereocenters. The van der Waals surface area contributed by atoms with Crippen LogP contribution >= 0.6 is 11.3 Å². The summed E-state index contributed by atoms with van der Waals surface area (Å²) in [7, 11) is 0. The number of fused-ring (bicyclic) bond motifs is 1. The van der Waals surface area contributed by atoms with Crippen LogP contribution in [-0.4, -0.2) is 9.97 Å². The van der Waals surface area contributed by atoms with Crippen LogP contribution in [0.4, 0.5) is 5.82 Å². The molecule has 1 aromatic carbocycles. The second-order valence-electron chi connectivity index (χ2n) is 5.00. The number of aryl methyl sites for hydroxylation is 2. The van der Waals surface area contributed by atoms with Crippen molar-refractivity contribution < 1.29 is 0 Å². The summed E-state index contributed by atoms with van der Waals surface area (Å²) in [6.07, 6.45) is 0. The van der Waals surface area contributed by atoms with Gasteiger partial charge in [-0.25, -0.2) is 9.97 Å². The minimum atomic E-state index is 0.216. The van der Waals surface area contributed by atoms with Crippen molar-refractivity contribution >= 4 is 27.4 Å². The SMILES string of the molecule is Cc1nc(NC(C)c2ccccc2)c2c(C)csc2n1. The Morgan fingerprint density at radius 1 is 1.10 bits per heavy atom. The van der Waals surface area contributed by atoms with E-state index in [1.165, 1.54) is 11.1 Å². The lowest BCUT2D eigenvalue weighted by atomic mass is 10.1. The zero-order chi connectivity index (χ0) is 14.1. The van der Waals surface area contributed by atoms with Crippen LogP contribution in [0, 0.1) is 13.8 Å². The molecule has 20 heavy (non-hydrogen) atoms. The Labute approximate surface area is 122 Å². The van der Waals surface area contributed by atoms with Crippen molar-refractivity contribution in [3.8, 4) is 0 Å². The normalized spacial score (nSPS) is 12.6. The van der Waals surface area contributed by atoms with E-state index in [2.05, 4.69) is 58.8 Å². The Balaban J connectivity index is 2.00. The van der Waals surface area contributed by atoms with Crippen LogP contribution in [0.5, 0.6) is 0 Å². The Hall–Kier alpha value is -1.94. The molecule has 1 atom stereocenters. The van der Waals surface area contributed by atoms with Gasteiger partial charge in [-0.05, 0) is 37.3 Å². The van der Waals surface area contributed by atoms with Crippen molar-refractivity contribution in [1.29, 1.82) is 0 Å². The molecule has 3 nitrogen and oxygen atoms in total. The predicted molar refractivity (Wildman–Crippen MR) is 85.4 cm³/mol. The van der Waals surface area contributed by atoms with Gasteiger partial charge in [-0.3, -0.25) is 0 Å². The van der Waals surface area contributed by atoms with Gasteiger partial charge < -0.3 is 5.32 Å². The van der Waals surface area contributed by atoms with E-state index in [-0.39, 0.29) is 6.04 Å². The molecule has 0 radical (unpaired) electrons. The van der Waals surface area contributed by atoms with E-state index in [9.17, 15) is 0 Å². The Bertz CT molecular complexity index is 734. The first kappa shape index (κ1) is 13.1. The number of benzene rings is 1. The maximum atomic E-state index is 4.58. The van der Waals surface area contributed by atoms with E-state index < -0.39 is 0 Å². The molecule has 1 N–H and O–H groups in total. The van der Waals surface area contributed by atoms with Crippen LogP contribution in [-0.2, 0) is 0 Å². The summed E-state index contributed by atoms with van der Waals surface area (Å²) in [4.78, 5) is 10.1. The summed E-state index contributed by atoms with van der Waals surface area (Å²) >= 11 is 1.67. The van der Waals surface area contributed by atoms with Gasteiger partial charge in [0.1, 0.15) is 16.5 Å². The number of anilines is 1. The maximum Gasteiger partial charge on any atom is 0.139 e. The number of aromatic nitrogens is 2. The van der Waals surface area contributed by atoms with E-state index in [0.29, 0.717) is 0 Å². The fourth-order valence-electron chi connectivity index (χ4n) is 2.33. The van der Waals surface area contributed by atoms with Gasteiger partial charge in [0.2, 0.25) is 0 Å². The summed E-state index contributed by atoms with van der Waals surface area (Å²) in [5.74, 6) is 1.74. The zero-order valence-corrected chi connectivity index (χ0v) is 12.7. The van der Waals surface area contributed by atoms with Crippen molar-refractivity contribution in [3.63, 3.8) is 0 Å². The first-order valence-corrected chi connectivity index (χ1v) is 7.57. The quantitative estimate of drug-likeness (QED) is 0.770. The molecule has 0 saturated heterocycles. The van der Waals surface area contributed by atoms with Gasteiger partial charge in [-0.15, -0.1) is 11.3 Å². The van der Waals surface area contributed by atoms with Crippen molar-refractivity contribution in [2.24, 2.45) is 0 Å². The molecular weight excluding hydrogens is 266 g/mol. The second-order valence-corrected chi connectivity index (χ2v) is 5.85. The molecule has 2 heterocycles. The van der Waals surface area contributed by atoms with Gasteiger partial charge in [-0.1, -0.05) is 30.3 Å². The lowest BCUT2D eigenvalue weighted by Crippen LogP contribution is -2.09. The van der Waals surface area contributed by atoms with Crippen LogP contribution < -0.4 is 5.32 Å². The van der Waals surface area contributed by atoms with Gasteiger partial charge in [0.05, 0.1) is 5.39 Å². The van der Waals surface area contributed by atoms with Crippen molar-refractivity contribution in [2.75, 3.05) is 5.32 Å². The van der Waals surface area contributed by atoms with Crippen LogP contribution in [0.2, 0.25) is 0 Å². The lowest BCUT2D eigenvalue weighted by molar-refractivity contribution is 0.872. The highest BCUT2D eigenvalue weighted by Crippen LogP contribution is 2.31. The fraction of sp³-hybridized carbons (Fsp3) is 0.250. The molecule has 0 aliphatic heterocycles. The molecule has 0 aliphatic carbocycles. The van der Waals surface area contributed by atoms with Crippen molar-refractivity contribution in [3.05, 3.63) is 52.7 Å². The highest BCUT2D eigenvalue weighted by atomic mass is 32.1. The molecule has 0 fully saturated rings. The number of nitrogens with zero attached hydrogens (tertiary/aromatic N) is 2. The minimum absolute atomic E-state index is 0.216. The Kier molecular flexibility index (Phi) is 3.40. The second kappa shape index (κ2) is 5.21. The number of nitrogens with one attached hydrogen (secondary N) is 1. The van der Waals surface area contributed by atoms with E-state index in [1.54, 1.807) is 11.3 Å². The summed E-state index contributed by atoms with van der Waals surface area (Å²) < 4.78 is 0. The van der Waals surface area contributed by atoms with Gasteiger partial charge in [0.15, 0.2) is 0 Å². The van der Waals surface area contributed by atoms with E-state index in [1.807, 2.05) is 13.0 Å². The number of hydrogen-bond acceptors (Lipinski definition) is 4. The van der Waals surface area contributed by atoms with Crippen molar-refractivity contribution in [1.82, 2.24) is 9.97 Å². The molecule has 102 valence electrons. The highest BCUT2D eigenvalue weighted by Gasteiger charge is 2.13. The Morgan fingerprint density at radius 3 is 2.60 bits per heavy atom. The van der Waals surface area contributed by atoms with Gasteiger partial charge in [0, 0.05) is 6.04 Å². The van der Waals surface area contributed by atoms with E-state index >= 15 is 0 Å². The van der Waals surface area contributed by atoms with Gasteiger partial charge in [0.25, 0.3) is 0 Å². The minimum Gasteiger partial charge on any atom is -0.363 e. The zero-order valence-electron chi connectivity index (χ0n) is 11.8. The average molecular weight is 283 g/mol. The first-order chi connectivity index (χ1) is 9.65. The number of hydrogen-bond donors (Lipinski definition) is 1. The summed E-state index contributed by atoms with van der Waals surface area (Å²) in [5.41, 5.74) is 2.48. The number of rotatable bonds is 3. The average Bonchev–Trinajstić information content (AvgIpc) is 2.81. The predicted octanol–water partition coefficient (Wildman–Crippen LogP) is 4.48. The largest absolute Gasteiger partial charge is 0.363 e. The topological polar surface area (TPSA) is 37.8 Å². The van der Waals surface area contributed by atoms with Crippen LogP contribution in [0.25, 0.3) is 10.2 Å². The molecule has 0 amide bonds. The molecule has 3 rings (SSSR count). The summed E-state index contributed by atoms with van der Waals surface area (Å²) in [5, 5.41) is 6.80. The van der Waals surface area contributed by atoms with E-state index in [4.69, 9.17) is 0 Å². The molecule has 4 heteroatoms. The summed E-state index contributed by atoms with van der Waals surface area (Å²) in [6, 6.07) is 10.6. The van der Waals surface area contributed by atoms with Crippen LogP contribution in [0.1, 0.15) is 29.9 Å². The first-order valence-electron chi connectivity index (χ1n) is 6.69. The third-order valence-electron chi connectivity index (χ3n) is 3.38. The molecular formula is C16H17N3S. The Morgan fingerprint density at radius 2 is 1.85 bits per heavy atom. The van der Waals surface area contributed by atoms with Crippen LogP contribution in [0.15, 0.2) is 35.7 Å². The standard InChI is InChI=1S/C16H17N3S/c1-10-9-20-16-14(10)15(18-12(3)19-16)17-11(2)13-7-5-4-6-8-13/h4-9,11H,1-3H3,(H,17,18,19). The molecule has 0 saturated carbocycles. The fourth-order valence-corrected chi connectivity index (χ4v) is 3.29. The lowest BCUT2D eigenvalue weighted by Gasteiger charge is -2.16. The van der Waals surface area contributed by atoms with Crippen molar-refractivity contribution in [2.45, 2.75) is 26.8 Å². The molecule has 0 aliphatic rings. The molecule has 0 spiro atoms. The van der Waals surface area contributed by atoms with Gasteiger partial charge in [-0.2, -0.15) is 0 Å². The number of thiophene rings is 1. The highest BCUT2D eigenvalue weighted by molar-refractivity contribution is 7.17. The monoisotopic (exact) mass is 283 g/mol. The maximum absolute atomic E-state index is 4.58. The molecule has 3 aromatic rings.